The highest BCUT2D eigenvalue weighted by molar-refractivity contribution is 5.80. The van der Waals surface area contributed by atoms with E-state index in [1.807, 2.05) is 13.8 Å². The van der Waals surface area contributed by atoms with Gasteiger partial charge in [0.15, 0.2) is 0 Å². The molecule has 1 unspecified atom stereocenters. The molecule has 0 bridgehead atoms. The molecule has 0 saturated carbocycles. The number of rotatable bonds is 5. The third-order valence-corrected chi connectivity index (χ3v) is 3.53. The molecule has 3 N–H and O–H groups in total. The Morgan fingerprint density at radius 3 is 2.68 bits per heavy atom. The summed E-state index contributed by atoms with van der Waals surface area (Å²) in [5, 5.41) is 3.23. The Kier molecular flexibility index (Phi) is 4.56. The van der Waals surface area contributed by atoms with Gasteiger partial charge in [0.1, 0.15) is 0 Å². The van der Waals surface area contributed by atoms with E-state index in [9.17, 15) is 4.79 Å². The van der Waals surface area contributed by atoms with E-state index in [-0.39, 0.29) is 18.0 Å². The first-order chi connectivity index (χ1) is 9.06. The molecular formula is C15H23N3O. The zero-order chi connectivity index (χ0) is 13.8. The normalized spacial score (nSPS) is 17.2. The molecule has 1 aliphatic rings. The number of primary amides is 1. The van der Waals surface area contributed by atoms with Gasteiger partial charge in [-0.3, -0.25) is 9.69 Å². The zero-order valence-corrected chi connectivity index (χ0v) is 11.7. The minimum absolute atomic E-state index is 0.259. The highest BCUT2D eigenvalue weighted by Crippen LogP contribution is 2.18. The largest absolute Gasteiger partial charge is 0.368 e. The molecule has 1 aliphatic heterocycles. The van der Waals surface area contributed by atoms with Gasteiger partial charge in [-0.25, -0.2) is 0 Å². The Bertz CT molecular complexity index is 445. The van der Waals surface area contributed by atoms with Crippen LogP contribution in [0.25, 0.3) is 0 Å². The number of fused-ring (bicyclic) bond motifs is 1. The number of nitrogens with one attached hydrogen (secondary N) is 1. The van der Waals surface area contributed by atoms with Gasteiger partial charge in [-0.1, -0.05) is 38.1 Å². The summed E-state index contributed by atoms with van der Waals surface area (Å²) >= 11 is 0. The third-order valence-electron chi connectivity index (χ3n) is 3.53. The fourth-order valence-electron chi connectivity index (χ4n) is 2.60. The van der Waals surface area contributed by atoms with Crippen LogP contribution in [0.3, 0.4) is 0 Å². The standard InChI is InChI=1S/C15H23N3O/c1-11(2)17-14(15(16)19)10-18-8-7-12-5-3-4-6-13(12)9-18/h3-6,11,14,17H,7-10H2,1-2H3,(H2,16,19). The van der Waals surface area contributed by atoms with Crippen LogP contribution in [-0.4, -0.2) is 36.0 Å². The van der Waals surface area contributed by atoms with Crippen LogP contribution < -0.4 is 11.1 Å². The number of nitrogens with zero attached hydrogens (tertiary/aromatic N) is 1. The molecule has 0 spiro atoms. The number of hydrogen-bond donors (Lipinski definition) is 2. The summed E-state index contributed by atoms with van der Waals surface area (Å²) in [6.45, 7) is 6.63. The van der Waals surface area contributed by atoms with Crippen LogP contribution in [0.5, 0.6) is 0 Å². The molecule has 2 rings (SSSR count). The lowest BCUT2D eigenvalue weighted by Crippen LogP contribution is -2.52. The van der Waals surface area contributed by atoms with Crippen LogP contribution in [0.4, 0.5) is 0 Å². The molecule has 4 heteroatoms. The van der Waals surface area contributed by atoms with E-state index in [2.05, 4.69) is 34.5 Å². The van der Waals surface area contributed by atoms with Gasteiger partial charge in [0.05, 0.1) is 6.04 Å². The number of amides is 1. The second-order valence-electron chi connectivity index (χ2n) is 5.53. The zero-order valence-electron chi connectivity index (χ0n) is 11.7. The molecule has 0 fully saturated rings. The van der Waals surface area contributed by atoms with E-state index in [1.54, 1.807) is 0 Å². The molecule has 0 aromatic heterocycles. The van der Waals surface area contributed by atoms with Crippen molar-refractivity contribution in [1.82, 2.24) is 10.2 Å². The van der Waals surface area contributed by atoms with Crippen LogP contribution in [0, 0.1) is 0 Å². The van der Waals surface area contributed by atoms with E-state index in [4.69, 9.17) is 5.73 Å². The molecule has 1 amide bonds. The average Bonchev–Trinajstić information content (AvgIpc) is 2.37. The lowest BCUT2D eigenvalue weighted by molar-refractivity contribution is -0.120. The van der Waals surface area contributed by atoms with Crippen LogP contribution in [-0.2, 0) is 17.8 Å². The van der Waals surface area contributed by atoms with Crippen molar-refractivity contribution in [3.05, 3.63) is 35.4 Å². The maximum Gasteiger partial charge on any atom is 0.235 e. The first-order valence-electron chi connectivity index (χ1n) is 6.90. The first-order valence-corrected chi connectivity index (χ1v) is 6.90. The Balaban J connectivity index is 1.98. The molecule has 104 valence electrons. The Labute approximate surface area is 115 Å². The van der Waals surface area contributed by atoms with Gasteiger partial charge in [0.2, 0.25) is 5.91 Å². The van der Waals surface area contributed by atoms with Crippen molar-refractivity contribution >= 4 is 5.91 Å². The molecule has 0 radical (unpaired) electrons. The minimum Gasteiger partial charge on any atom is -0.368 e. The van der Waals surface area contributed by atoms with Crippen LogP contribution in [0.1, 0.15) is 25.0 Å². The Morgan fingerprint density at radius 2 is 2.05 bits per heavy atom. The number of hydrogen-bond acceptors (Lipinski definition) is 3. The summed E-state index contributed by atoms with van der Waals surface area (Å²) in [6, 6.07) is 8.49. The van der Waals surface area contributed by atoms with Gasteiger partial charge in [0, 0.05) is 25.7 Å². The summed E-state index contributed by atoms with van der Waals surface area (Å²) in [5.74, 6) is -0.271. The fourth-order valence-corrected chi connectivity index (χ4v) is 2.60. The molecule has 1 aromatic rings. The van der Waals surface area contributed by atoms with Gasteiger partial charge in [-0.2, -0.15) is 0 Å². The number of carbonyl (C=O) groups is 1. The van der Waals surface area contributed by atoms with Crippen molar-refractivity contribution in [2.75, 3.05) is 13.1 Å². The topological polar surface area (TPSA) is 58.4 Å². The Hall–Kier alpha value is -1.39. The quantitative estimate of drug-likeness (QED) is 0.828. The van der Waals surface area contributed by atoms with Gasteiger partial charge in [0.25, 0.3) is 0 Å². The molecule has 4 nitrogen and oxygen atoms in total. The fraction of sp³-hybridized carbons (Fsp3) is 0.533. The van der Waals surface area contributed by atoms with Crippen molar-refractivity contribution in [3.8, 4) is 0 Å². The van der Waals surface area contributed by atoms with E-state index < -0.39 is 0 Å². The second kappa shape index (κ2) is 6.17. The molecule has 0 aliphatic carbocycles. The van der Waals surface area contributed by atoms with Gasteiger partial charge < -0.3 is 11.1 Å². The maximum absolute atomic E-state index is 11.5. The highest BCUT2D eigenvalue weighted by Gasteiger charge is 2.22. The van der Waals surface area contributed by atoms with E-state index >= 15 is 0 Å². The average molecular weight is 261 g/mol. The predicted octanol–water partition coefficient (Wildman–Crippen LogP) is 0.897. The van der Waals surface area contributed by atoms with Crippen LogP contribution in [0.15, 0.2) is 24.3 Å². The molecule has 1 aromatic carbocycles. The summed E-state index contributed by atoms with van der Waals surface area (Å²) in [6.07, 6.45) is 1.04. The van der Waals surface area contributed by atoms with Gasteiger partial charge in [-0.05, 0) is 17.5 Å². The minimum atomic E-state index is -0.273. The van der Waals surface area contributed by atoms with Gasteiger partial charge >= 0.3 is 0 Å². The summed E-state index contributed by atoms with van der Waals surface area (Å²) in [4.78, 5) is 13.8. The number of carbonyl (C=O) groups excluding carboxylic acids is 1. The highest BCUT2D eigenvalue weighted by atomic mass is 16.1. The summed E-state index contributed by atoms with van der Waals surface area (Å²) < 4.78 is 0. The van der Waals surface area contributed by atoms with Gasteiger partial charge in [-0.15, -0.1) is 0 Å². The molecule has 19 heavy (non-hydrogen) atoms. The molecule has 1 heterocycles. The molecule has 1 atom stereocenters. The predicted molar refractivity (Wildman–Crippen MR) is 76.7 cm³/mol. The van der Waals surface area contributed by atoms with Crippen molar-refractivity contribution in [2.45, 2.75) is 38.9 Å². The smallest absolute Gasteiger partial charge is 0.235 e. The lowest BCUT2D eigenvalue weighted by Gasteiger charge is -2.31. The van der Waals surface area contributed by atoms with Crippen molar-refractivity contribution in [1.29, 1.82) is 0 Å². The number of nitrogens with two attached hydrogens (primary N) is 1. The first kappa shape index (κ1) is 14.0. The Morgan fingerprint density at radius 1 is 1.37 bits per heavy atom. The van der Waals surface area contributed by atoms with Crippen LogP contribution >= 0.6 is 0 Å². The molecule has 0 saturated heterocycles. The van der Waals surface area contributed by atoms with E-state index in [0.717, 1.165) is 19.5 Å². The van der Waals surface area contributed by atoms with Crippen molar-refractivity contribution < 1.29 is 4.79 Å². The van der Waals surface area contributed by atoms with Crippen molar-refractivity contribution in [2.24, 2.45) is 5.73 Å². The third kappa shape index (κ3) is 3.78. The van der Waals surface area contributed by atoms with E-state index in [0.29, 0.717) is 6.54 Å². The maximum atomic E-state index is 11.5. The van der Waals surface area contributed by atoms with Crippen LogP contribution in [0.2, 0.25) is 0 Å². The number of benzene rings is 1. The summed E-state index contributed by atoms with van der Waals surface area (Å²) in [7, 11) is 0. The lowest BCUT2D eigenvalue weighted by atomic mass is 9.99. The van der Waals surface area contributed by atoms with E-state index in [1.165, 1.54) is 11.1 Å². The summed E-state index contributed by atoms with van der Waals surface area (Å²) in [5.41, 5.74) is 8.25. The second-order valence-corrected chi connectivity index (χ2v) is 5.53. The molecular weight excluding hydrogens is 238 g/mol. The monoisotopic (exact) mass is 261 g/mol. The van der Waals surface area contributed by atoms with Crippen molar-refractivity contribution in [3.63, 3.8) is 0 Å². The SMILES string of the molecule is CC(C)NC(CN1CCc2ccccc2C1)C(N)=O.